The minimum Gasteiger partial charge on any atom is -0.491 e. The highest BCUT2D eigenvalue weighted by molar-refractivity contribution is 5.98. The van der Waals surface area contributed by atoms with Crippen LogP contribution in [0.15, 0.2) is 18.2 Å². The third kappa shape index (κ3) is 2.26. The Hall–Kier alpha value is -1.31. The van der Waals surface area contributed by atoms with Gasteiger partial charge in [-0.05, 0) is 49.9 Å². The highest BCUT2D eigenvalue weighted by Crippen LogP contribution is 2.26. The lowest BCUT2D eigenvalue weighted by Gasteiger charge is -2.18. The Morgan fingerprint density at radius 1 is 1.38 bits per heavy atom. The van der Waals surface area contributed by atoms with Crippen molar-refractivity contribution in [3.8, 4) is 5.75 Å². The summed E-state index contributed by atoms with van der Waals surface area (Å²) in [6.45, 7) is 4.16. The quantitative estimate of drug-likeness (QED) is 0.777. The van der Waals surface area contributed by atoms with Gasteiger partial charge in [0.1, 0.15) is 5.75 Å². The molecule has 86 valence electrons. The number of fused-ring (bicyclic) bond motifs is 1. The summed E-state index contributed by atoms with van der Waals surface area (Å²) in [5, 5.41) is 0. The van der Waals surface area contributed by atoms with Crippen molar-refractivity contribution < 1.29 is 9.53 Å². The maximum absolute atomic E-state index is 11.6. The molecule has 1 aromatic carbocycles. The first-order valence-corrected chi connectivity index (χ1v) is 6.03. The van der Waals surface area contributed by atoms with Gasteiger partial charge in [0, 0.05) is 12.0 Å². The largest absolute Gasteiger partial charge is 0.491 e. The number of carbonyl (C=O) groups is 1. The fraction of sp³-hybridized carbons (Fsp3) is 0.500. The Bertz CT molecular complexity index is 396. The Labute approximate surface area is 96.6 Å². The molecule has 0 heterocycles. The molecule has 0 saturated carbocycles. The van der Waals surface area contributed by atoms with Gasteiger partial charge in [-0.2, -0.15) is 0 Å². The monoisotopic (exact) mass is 218 g/mol. The predicted octanol–water partition coefficient (Wildman–Crippen LogP) is 3.38. The molecule has 0 fully saturated rings. The summed E-state index contributed by atoms with van der Waals surface area (Å²) in [7, 11) is 0. The molecule has 2 heteroatoms. The van der Waals surface area contributed by atoms with Crippen molar-refractivity contribution in [1.82, 2.24) is 0 Å². The summed E-state index contributed by atoms with van der Waals surface area (Å²) in [4.78, 5) is 11.6. The van der Waals surface area contributed by atoms with Gasteiger partial charge in [-0.25, -0.2) is 0 Å². The van der Waals surface area contributed by atoms with Crippen molar-refractivity contribution in [2.75, 3.05) is 0 Å². The van der Waals surface area contributed by atoms with Gasteiger partial charge >= 0.3 is 0 Å². The number of aryl methyl sites for hydroxylation is 1. The number of rotatable bonds is 3. The summed E-state index contributed by atoms with van der Waals surface area (Å²) >= 11 is 0. The van der Waals surface area contributed by atoms with Crippen LogP contribution in [-0.4, -0.2) is 11.9 Å². The summed E-state index contributed by atoms with van der Waals surface area (Å²) in [6.07, 6.45) is 3.89. The minimum atomic E-state index is 0.234. The zero-order valence-corrected chi connectivity index (χ0v) is 9.95. The summed E-state index contributed by atoms with van der Waals surface area (Å²) in [5.41, 5.74) is 2.04. The molecule has 1 atom stereocenters. The van der Waals surface area contributed by atoms with Gasteiger partial charge in [0.25, 0.3) is 0 Å². The van der Waals surface area contributed by atoms with Gasteiger partial charge in [-0.1, -0.05) is 6.92 Å². The minimum absolute atomic E-state index is 0.234. The third-order valence-corrected chi connectivity index (χ3v) is 3.14. The van der Waals surface area contributed by atoms with Crippen LogP contribution in [0.2, 0.25) is 0 Å². The molecule has 0 spiro atoms. The van der Waals surface area contributed by atoms with Gasteiger partial charge < -0.3 is 4.74 Å². The molecule has 0 N–H and O–H groups in total. The fourth-order valence-electron chi connectivity index (χ4n) is 2.01. The average Bonchev–Trinajstić information content (AvgIpc) is 2.29. The van der Waals surface area contributed by atoms with Gasteiger partial charge in [0.05, 0.1) is 6.10 Å². The van der Waals surface area contributed by atoms with Crippen LogP contribution >= 0.6 is 0 Å². The van der Waals surface area contributed by atoms with Crippen molar-refractivity contribution in [3.63, 3.8) is 0 Å². The zero-order chi connectivity index (χ0) is 11.5. The molecule has 1 unspecified atom stereocenters. The first-order chi connectivity index (χ1) is 7.70. The van der Waals surface area contributed by atoms with E-state index in [4.69, 9.17) is 4.74 Å². The van der Waals surface area contributed by atoms with E-state index in [0.29, 0.717) is 6.42 Å². The molecule has 2 rings (SSSR count). The highest BCUT2D eigenvalue weighted by atomic mass is 16.5. The Kier molecular flexibility index (Phi) is 3.28. The summed E-state index contributed by atoms with van der Waals surface area (Å²) < 4.78 is 5.75. The van der Waals surface area contributed by atoms with Gasteiger partial charge in [-0.3, -0.25) is 4.79 Å². The second kappa shape index (κ2) is 4.69. The first kappa shape index (κ1) is 11.2. The molecular formula is C14H18O2. The maximum Gasteiger partial charge on any atom is 0.163 e. The van der Waals surface area contributed by atoms with Crippen LogP contribution in [0.5, 0.6) is 5.75 Å². The van der Waals surface area contributed by atoms with Crippen molar-refractivity contribution in [1.29, 1.82) is 0 Å². The van der Waals surface area contributed by atoms with Crippen molar-refractivity contribution in [2.45, 2.75) is 45.6 Å². The Morgan fingerprint density at radius 2 is 2.19 bits per heavy atom. The normalized spacial score (nSPS) is 16.8. The van der Waals surface area contributed by atoms with Crippen LogP contribution in [0.4, 0.5) is 0 Å². The number of ketones is 1. The van der Waals surface area contributed by atoms with E-state index in [1.165, 1.54) is 0 Å². The van der Waals surface area contributed by atoms with Gasteiger partial charge in [0.15, 0.2) is 5.78 Å². The molecule has 0 radical (unpaired) electrons. The third-order valence-electron chi connectivity index (χ3n) is 3.14. The van der Waals surface area contributed by atoms with E-state index in [9.17, 15) is 4.79 Å². The highest BCUT2D eigenvalue weighted by Gasteiger charge is 2.17. The van der Waals surface area contributed by atoms with Crippen LogP contribution in [0, 0.1) is 0 Å². The predicted molar refractivity (Wildman–Crippen MR) is 64.1 cm³/mol. The molecule has 0 bridgehead atoms. The average molecular weight is 218 g/mol. The molecule has 0 saturated heterocycles. The number of hydrogen-bond donors (Lipinski definition) is 0. The fourth-order valence-corrected chi connectivity index (χ4v) is 2.01. The van der Waals surface area contributed by atoms with Crippen molar-refractivity contribution >= 4 is 5.78 Å². The molecule has 1 aliphatic carbocycles. The van der Waals surface area contributed by atoms with E-state index in [1.54, 1.807) is 0 Å². The van der Waals surface area contributed by atoms with Crippen LogP contribution in [-0.2, 0) is 6.42 Å². The van der Waals surface area contributed by atoms with E-state index in [-0.39, 0.29) is 11.9 Å². The maximum atomic E-state index is 11.6. The van der Waals surface area contributed by atoms with Crippen LogP contribution in [0.1, 0.15) is 49.0 Å². The van der Waals surface area contributed by atoms with E-state index in [1.807, 2.05) is 18.2 Å². The zero-order valence-electron chi connectivity index (χ0n) is 9.95. The lowest BCUT2D eigenvalue weighted by Crippen LogP contribution is -2.13. The van der Waals surface area contributed by atoms with Crippen LogP contribution in [0.3, 0.4) is 0 Å². The molecule has 16 heavy (non-hydrogen) atoms. The molecule has 1 aromatic rings. The standard InChI is InChI=1S/C14H18O2/c1-3-10(2)16-12-7-8-13-11(9-12)5-4-6-14(13)15/h7-10H,3-6H2,1-2H3. The molecule has 1 aliphatic rings. The first-order valence-electron chi connectivity index (χ1n) is 6.03. The van der Waals surface area contributed by atoms with E-state index < -0.39 is 0 Å². The summed E-state index contributed by atoms with van der Waals surface area (Å²) in [5.74, 6) is 1.17. The number of Topliss-reactive ketones (excluding diaryl/α,β-unsaturated/α-hetero) is 1. The van der Waals surface area contributed by atoms with E-state index in [2.05, 4.69) is 13.8 Å². The van der Waals surface area contributed by atoms with Crippen molar-refractivity contribution in [3.05, 3.63) is 29.3 Å². The lowest BCUT2D eigenvalue weighted by molar-refractivity contribution is 0.0972. The van der Waals surface area contributed by atoms with E-state index >= 15 is 0 Å². The second-order valence-corrected chi connectivity index (χ2v) is 4.43. The SMILES string of the molecule is CCC(C)Oc1ccc2c(c1)CCCC2=O. The van der Waals surface area contributed by atoms with Gasteiger partial charge in [-0.15, -0.1) is 0 Å². The Balaban J connectivity index is 2.22. The number of benzene rings is 1. The molecule has 0 aliphatic heterocycles. The van der Waals surface area contributed by atoms with Crippen LogP contribution in [0.25, 0.3) is 0 Å². The van der Waals surface area contributed by atoms with Crippen molar-refractivity contribution in [2.24, 2.45) is 0 Å². The van der Waals surface area contributed by atoms with E-state index in [0.717, 1.165) is 36.1 Å². The molecule has 2 nitrogen and oxygen atoms in total. The Morgan fingerprint density at radius 3 is 2.94 bits per heavy atom. The molecular weight excluding hydrogens is 200 g/mol. The second-order valence-electron chi connectivity index (χ2n) is 4.43. The topological polar surface area (TPSA) is 26.3 Å². The number of carbonyl (C=O) groups excluding carboxylic acids is 1. The van der Waals surface area contributed by atoms with Gasteiger partial charge in [0.2, 0.25) is 0 Å². The molecule has 0 amide bonds. The number of ether oxygens (including phenoxy) is 1. The lowest BCUT2D eigenvalue weighted by atomic mass is 9.90. The van der Waals surface area contributed by atoms with Crippen LogP contribution < -0.4 is 4.74 Å². The number of hydrogen-bond acceptors (Lipinski definition) is 2. The summed E-state index contributed by atoms with van der Waals surface area (Å²) in [6, 6.07) is 5.85. The smallest absolute Gasteiger partial charge is 0.163 e. The molecule has 0 aromatic heterocycles.